The first kappa shape index (κ1) is 12.7. The Morgan fingerprint density at radius 1 is 1.50 bits per heavy atom. The number of benzene rings is 1. The van der Waals surface area contributed by atoms with Crippen LogP contribution in [-0.4, -0.2) is 31.6 Å². The Balaban J connectivity index is 2.35. The second-order valence-electron chi connectivity index (χ2n) is 3.52. The molecule has 0 bridgehead atoms. The molecule has 0 fully saturated rings. The Kier molecular flexibility index (Phi) is 3.68. The van der Waals surface area contributed by atoms with Crippen LogP contribution in [0.3, 0.4) is 0 Å². The third kappa shape index (κ3) is 2.54. The zero-order chi connectivity index (χ0) is 13.1. The summed E-state index contributed by atoms with van der Waals surface area (Å²) in [5.74, 6) is 0. The molecule has 94 valence electrons. The summed E-state index contributed by atoms with van der Waals surface area (Å²) in [6.07, 6.45) is 2.09. The molecular formula is C10H9BrN4O3. The van der Waals surface area contributed by atoms with Crippen LogP contribution in [0, 0.1) is 10.1 Å². The smallest absolute Gasteiger partial charge is 0.270 e. The van der Waals surface area contributed by atoms with Crippen LogP contribution < -0.4 is 0 Å². The summed E-state index contributed by atoms with van der Waals surface area (Å²) >= 11 is 3.26. The largest absolute Gasteiger partial charge is 0.396 e. The summed E-state index contributed by atoms with van der Waals surface area (Å²) in [4.78, 5) is 10.1. The van der Waals surface area contributed by atoms with E-state index in [0.29, 0.717) is 22.3 Å². The maximum atomic E-state index is 10.6. The van der Waals surface area contributed by atoms with Crippen LogP contribution >= 0.6 is 15.9 Å². The van der Waals surface area contributed by atoms with E-state index in [1.165, 1.54) is 16.8 Å². The van der Waals surface area contributed by atoms with Gasteiger partial charge in [-0.25, -0.2) is 4.68 Å². The molecule has 0 amide bonds. The Labute approximate surface area is 110 Å². The number of halogens is 1. The van der Waals surface area contributed by atoms with E-state index in [2.05, 4.69) is 26.2 Å². The molecule has 0 aliphatic rings. The Hall–Kier alpha value is -1.80. The zero-order valence-corrected chi connectivity index (χ0v) is 10.7. The molecule has 8 heteroatoms. The Morgan fingerprint density at radius 2 is 2.28 bits per heavy atom. The molecule has 0 aliphatic carbocycles. The molecule has 1 aromatic heterocycles. The molecule has 0 spiro atoms. The van der Waals surface area contributed by atoms with Crippen molar-refractivity contribution in [2.75, 3.05) is 6.61 Å². The predicted molar refractivity (Wildman–Crippen MR) is 66.5 cm³/mol. The number of non-ortho nitro benzene ring substituents is 1. The van der Waals surface area contributed by atoms with E-state index in [1.807, 2.05) is 0 Å². The van der Waals surface area contributed by atoms with Gasteiger partial charge in [-0.2, -0.15) is 0 Å². The molecule has 1 N–H and O–H groups in total. The van der Waals surface area contributed by atoms with Crippen molar-refractivity contribution in [2.45, 2.75) is 6.42 Å². The molecule has 2 rings (SSSR count). The summed E-state index contributed by atoms with van der Waals surface area (Å²) in [5, 5.41) is 27.2. The standard InChI is InChI=1S/C10H9BrN4O3/c11-9-5-8(15(17)18)1-2-10(9)14-6-7(3-4-16)12-13-14/h1-2,5-6,16H,3-4H2. The molecule has 0 saturated heterocycles. The third-order valence-electron chi connectivity index (χ3n) is 2.30. The van der Waals surface area contributed by atoms with Gasteiger partial charge in [0.2, 0.25) is 0 Å². The second kappa shape index (κ2) is 5.23. The maximum absolute atomic E-state index is 10.6. The summed E-state index contributed by atoms with van der Waals surface area (Å²) in [5.41, 5.74) is 1.31. The minimum absolute atomic E-state index is 0.000123. The van der Waals surface area contributed by atoms with Crippen molar-refractivity contribution in [3.63, 3.8) is 0 Å². The monoisotopic (exact) mass is 312 g/mol. The highest BCUT2D eigenvalue weighted by Crippen LogP contribution is 2.25. The Bertz CT molecular complexity index is 584. The van der Waals surface area contributed by atoms with E-state index in [-0.39, 0.29) is 12.3 Å². The summed E-state index contributed by atoms with van der Waals surface area (Å²) in [6, 6.07) is 4.38. The van der Waals surface area contributed by atoms with Gasteiger partial charge in [0, 0.05) is 25.2 Å². The van der Waals surface area contributed by atoms with Crippen LogP contribution in [0.1, 0.15) is 5.69 Å². The molecular weight excluding hydrogens is 304 g/mol. The molecule has 1 heterocycles. The average molecular weight is 313 g/mol. The van der Waals surface area contributed by atoms with Crippen LogP contribution in [0.15, 0.2) is 28.9 Å². The molecule has 2 aromatic rings. The van der Waals surface area contributed by atoms with Gasteiger partial charge < -0.3 is 5.11 Å². The molecule has 0 unspecified atom stereocenters. The van der Waals surface area contributed by atoms with Gasteiger partial charge in [-0.1, -0.05) is 5.21 Å². The lowest BCUT2D eigenvalue weighted by Crippen LogP contribution is -1.97. The Morgan fingerprint density at radius 3 is 2.89 bits per heavy atom. The summed E-state index contributed by atoms with van der Waals surface area (Å²) < 4.78 is 2.05. The lowest BCUT2D eigenvalue weighted by Gasteiger charge is -2.02. The molecule has 7 nitrogen and oxygen atoms in total. The minimum atomic E-state index is -0.465. The van der Waals surface area contributed by atoms with Gasteiger partial charge in [-0.15, -0.1) is 5.10 Å². The third-order valence-corrected chi connectivity index (χ3v) is 2.93. The summed E-state index contributed by atoms with van der Waals surface area (Å²) in [7, 11) is 0. The van der Waals surface area contributed by atoms with E-state index < -0.39 is 4.92 Å². The van der Waals surface area contributed by atoms with Crippen LogP contribution in [0.5, 0.6) is 0 Å². The van der Waals surface area contributed by atoms with Crippen molar-refractivity contribution >= 4 is 21.6 Å². The number of aromatic nitrogens is 3. The number of nitro groups is 1. The van der Waals surface area contributed by atoms with E-state index in [0.717, 1.165) is 0 Å². The van der Waals surface area contributed by atoms with Gasteiger partial charge in [0.15, 0.2) is 0 Å². The minimum Gasteiger partial charge on any atom is -0.396 e. The first-order valence-corrected chi connectivity index (χ1v) is 5.87. The van der Waals surface area contributed by atoms with Gasteiger partial charge in [0.25, 0.3) is 5.69 Å². The molecule has 18 heavy (non-hydrogen) atoms. The molecule has 0 saturated carbocycles. The molecule has 0 radical (unpaired) electrons. The van der Waals surface area contributed by atoms with Crippen LogP contribution in [-0.2, 0) is 6.42 Å². The number of nitro benzene ring substituents is 1. The van der Waals surface area contributed by atoms with Crippen molar-refractivity contribution in [1.29, 1.82) is 0 Å². The number of aliphatic hydroxyl groups is 1. The second-order valence-corrected chi connectivity index (χ2v) is 4.38. The first-order chi connectivity index (χ1) is 8.61. The maximum Gasteiger partial charge on any atom is 0.270 e. The lowest BCUT2D eigenvalue weighted by atomic mass is 10.3. The number of hydrogen-bond acceptors (Lipinski definition) is 5. The first-order valence-electron chi connectivity index (χ1n) is 5.08. The molecule has 0 atom stereocenters. The number of aliphatic hydroxyl groups excluding tert-OH is 1. The molecule has 1 aromatic carbocycles. The van der Waals surface area contributed by atoms with Gasteiger partial charge in [0.1, 0.15) is 0 Å². The van der Waals surface area contributed by atoms with Gasteiger partial charge in [0.05, 0.1) is 27.0 Å². The fourth-order valence-electron chi connectivity index (χ4n) is 1.44. The average Bonchev–Trinajstić information content (AvgIpc) is 2.77. The van der Waals surface area contributed by atoms with Gasteiger partial charge in [-0.3, -0.25) is 10.1 Å². The lowest BCUT2D eigenvalue weighted by molar-refractivity contribution is -0.384. The van der Waals surface area contributed by atoms with Gasteiger partial charge >= 0.3 is 0 Å². The fraction of sp³-hybridized carbons (Fsp3) is 0.200. The van der Waals surface area contributed by atoms with E-state index in [1.54, 1.807) is 12.3 Å². The highest BCUT2D eigenvalue weighted by atomic mass is 79.9. The van der Waals surface area contributed by atoms with E-state index >= 15 is 0 Å². The van der Waals surface area contributed by atoms with E-state index in [9.17, 15) is 10.1 Å². The van der Waals surface area contributed by atoms with Crippen LogP contribution in [0.2, 0.25) is 0 Å². The topological polar surface area (TPSA) is 94.1 Å². The fourth-order valence-corrected chi connectivity index (χ4v) is 1.99. The predicted octanol–water partition coefficient (Wildman–Crippen LogP) is 1.47. The molecule has 0 aliphatic heterocycles. The van der Waals surface area contributed by atoms with Gasteiger partial charge in [-0.05, 0) is 22.0 Å². The van der Waals surface area contributed by atoms with Crippen molar-refractivity contribution in [3.8, 4) is 5.69 Å². The number of rotatable bonds is 4. The van der Waals surface area contributed by atoms with Crippen molar-refractivity contribution in [1.82, 2.24) is 15.0 Å². The highest BCUT2D eigenvalue weighted by molar-refractivity contribution is 9.10. The quantitative estimate of drug-likeness (QED) is 0.681. The van der Waals surface area contributed by atoms with Crippen LogP contribution in [0.25, 0.3) is 5.69 Å². The number of hydrogen-bond donors (Lipinski definition) is 1. The zero-order valence-electron chi connectivity index (χ0n) is 9.15. The van der Waals surface area contributed by atoms with Crippen molar-refractivity contribution in [2.24, 2.45) is 0 Å². The normalized spacial score (nSPS) is 10.6. The number of nitrogens with zero attached hydrogens (tertiary/aromatic N) is 4. The van der Waals surface area contributed by atoms with Crippen molar-refractivity contribution in [3.05, 3.63) is 44.7 Å². The van der Waals surface area contributed by atoms with E-state index in [4.69, 9.17) is 5.11 Å². The SMILES string of the molecule is O=[N+]([O-])c1ccc(-n2cc(CCO)nn2)c(Br)c1. The highest BCUT2D eigenvalue weighted by Gasteiger charge is 2.11. The summed E-state index contributed by atoms with van der Waals surface area (Å²) in [6.45, 7) is 0.000123. The van der Waals surface area contributed by atoms with Crippen molar-refractivity contribution < 1.29 is 10.0 Å². The van der Waals surface area contributed by atoms with Crippen LogP contribution in [0.4, 0.5) is 5.69 Å².